The fourth-order valence-electron chi connectivity index (χ4n) is 2.56. The highest BCUT2D eigenvalue weighted by atomic mass is 16.5. The molecule has 0 atom stereocenters. The van der Waals surface area contributed by atoms with Crippen molar-refractivity contribution in [3.8, 4) is 5.75 Å². The molecule has 0 aliphatic carbocycles. The molecule has 0 bridgehead atoms. The minimum atomic E-state index is -0.178. The summed E-state index contributed by atoms with van der Waals surface area (Å²) in [5, 5.41) is 6.89. The zero-order valence-corrected chi connectivity index (χ0v) is 15.6. The third-order valence-corrected chi connectivity index (χ3v) is 4.07. The summed E-state index contributed by atoms with van der Waals surface area (Å²) >= 11 is 0. The van der Waals surface area contributed by atoms with Gasteiger partial charge in [-0.2, -0.15) is 5.10 Å². The van der Waals surface area contributed by atoms with E-state index in [2.05, 4.69) is 10.4 Å². The molecule has 0 unspecified atom stereocenters. The molecular formula is C21H22N4O3. The quantitative estimate of drug-likeness (QED) is 0.654. The Morgan fingerprint density at radius 2 is 1.75 bits per heavy atom. The maximum absolute atomic E-state index is 12.4. The van der Waals surface area contributed by atoms with Crippen molar-refractivity contribution >= 4 is 23.2 Å². The van der Waals surface area contributed by atoms with Gasteiger partial charge in [-0.1, -0.05) is 36.4 Å². The summed E-state index contributed by atoms with van der Waals surface area (Å²) in [6.45, 7) is 0.364. The second kappa shape index (κ2) is 9.36. The predicted octanol–water partition coefficient (Wildman–Crippen LogP) is 2.95. The van der Waals surface area contributed by atoms with Crippen LogP contribution in [0.3, 0.4) is 0 Å². The monoisotopic (exact) mass is 378 g/mol. The summed E-state index contributed by atoms with van der Waals surface area (Å²) in [5.74, 6) is 0.441. The van der Waals surface area contributed by atoms with Crippen molar-refractivity contribution in [3.05, 3.63) is 73.1 Å². The number of para-hydroxylation sites is 2. The predicted molar refractivity (Wildman–Crippen MR) is 107 cm³/mol. The molecule has 2 amide bonds. The molecule has 7 nitrogen and oxygen atoms in total. The van der Waals surface area contributed by atoms with Crippen molar-refractivity contribution in [2.75, 3.05) is 23.9 Å². The van der Waals surface area contributed by atoms with Crippen LogP contribution in [-0.4, -0.2) is 35.2 Å². The number of hydrogen-bond donors (Lipinski definition) is 1. The maximum atomic E-state index is 12.4. The van der Waals surface area contributed by atoms with Crippen LogP contribution in [0, 0.1) is 0 Å². The molecule has 1 N–H and O–H groups in total. The summed E-state index contributed by atoms with van der Waals surface area (Å²) in [6.07, 6.45) is 3.37. The van der Waals surface area contributed by atoms with E-state index in [1.807, 2.05) is 60.7 Å². The molecule has 0 aliphatic heterocycles. The van der Waals surface area contributed by atoms with Crippen LogP contribution in [-0.2, 0) is 16.1 Å². The largest absolute Gasteiger partial charge is 0.493 e. The number of amides is 2. The Bertz CT molecular complexity index is 910. The molecule has 2 aromatic carbocycles. The van der Waals surface area contributed by atoms with Crippen LogP contribution in [0.4, 0.5) is 11.4 Å². The van der Waals surface area contributed by atoms with E-state index < -0.39 is 0 Å². The van der Waals surface area contributed by atoms with E-state index in [0.29, 0.717) is 5.69 Å². The van der Waals surface area contributed by atoms with Crippen molar-refractivity contribution < 1.29 is 14.3 Å². The van der Waals surface area contributed by atoms with Gasteiger partial charge in [0.05, 0.1) is 24.9 Å². The molecule has 0 fully saturated rings. The van der Waals surface area contributed by atoms with Gasteiger partial charge in [-0.25, -0.2) is 0 Å². The molecule has 1 aromatic heterocycles. The average molecular weight is 378 g/mol. The lowest BCUT2D eigenvalue weighted by atomic mass is 10.3. The smallest absolute Gasteiger partial charge is 0.248 e. The van der Waals surface area contributed by atoms with Gasteiger partial charge < -0.3 is 15.0 Å². The SMILES string of the molecule is CN(C(=O)Cn1cc(NC(=O)CCOc2ccccc2)cn1)c1ccccc1. The summed E-state index contributed by atoms with van der Waals surface area (Å²) < 4.78 is 7.01. The maximum Gasteiger partial charge on any atom is 0.248 e. The van der Waals surface area contributed by atoms with Crippen LogP contribution >= 0.6 is 0 Å². The summed E-state index contributed by atoms with van der Waals surface area (Å²) in [5.41, 5.74) is 1.35. The Morgan fingerprint density at radius 3 is 2.46 bits per heavy atom. The van der Waals surface area contributed by atoms with E-state index >= 15 is 0 Å². The number of aromatic nitrogens is 2. The molecule has 0 saturated carbocycles. The van der Waals surface area contributed by atoms with Crippen molar-refractivity contribution in [1.29, 1.82) is 0 Å². The first-order chi connectivity index (χ1) is 13.6. The summed E-state index contributed by atoms with van der Waals surface area (Å²) in [4.78, 5) is 26.0. The minimum absolute atomic E-state index is 0.0817. The van der Waals surface area contributed by atoms with Gasteiger partial charge >= 0.3 is 0 Å². The van der Waals surface area contributed by atoms with Gasteiger partial charge in [0.2, 0.25) is 11.8 Å². The number of anilines is 2. The molecule has 3 rings (SSSR count). The van der Waals surface area contributed by atoms with Gasteiger partial charge in [0, 0.05) is 18.9 Å². The molecule has 28 heavy (non-hydrogen) atoms. The number of nitrogens with zero attached hydrogens (tertiary/aromatic N) is 3. The number of rotatable bonds is 8. The minimum Gasteiger partial charge on any atom is -0.493 e. The van der Waals surface area contributed by atoms with E-state index in [-0.39, 0.29) is 31.4 Å². The van der Waals surface area contributed by atoms with E-state index in [9.17, 15) is 9.59 Å². The lowest BCUT2D eigenvalue weighted by Gasteiger charge is -2.17. The summed E-state index contributed by atoms with van der Waals surface area (Å²) in [7, 11) is 1.72. The Labute approximate surface area is 163 Å². The Balaban J connectivity index is 1.45. The van der Waals surface area contributed by atoms with Crippen LogP contribution in [0.25, 0.3) is 0 Å². The number of likely N-dealkylation sites (N-methyl/N-ethyl adjacent to an activating group) is 1. The van der Waals surface area contributed by atoms with Gasteiger partial charge in [0.1, 0.15) is 12.3 Å². The number of benzene rings is 2. The van der Waals surface area contributed by atoms with Crippen molar-refractivity contribution in [2.45, 2.75) is 13.0 Å². The molecule has 0 aliphatic rings. The number of hydrogen-bond acceptors (Lipinski definition) is 4. The van der Waals surface area contributed by atoms with Gasteiger partial charge in [-0.15, -0.1) is 0 Å². The van der Waals surface area contributed by atoms with Crippen LogP contribution in [0.2, 0.25) is 0 Å². The highest BCUT2D eigenvalue weighted by molar-refractivity contribution is 5.93. The zero-order valence-electron chi connectivity index (χ0n) is 15.6. The molecule has 7 heteroatoms. The Hall–Kier alpha value is -3.61. The Morgan fingerprint density at radius 1 is 1.07 bits per heavy atom. The fourth-order valence-corrected chi connectivity index (χ4v) is 2.56. The molecular weight excluding hydrogens is 356 g/mol. The zero-order chi connectivity index (χ0) is 19.8. The molecule has 0 spiro atoms. The van der Waals surface area contributed by atoms with Crippen LogP contribution in [0.1, 0.15) is 6.42 Å². The molecule has 1 heterocycles. The molecule has 0 radical (unpaired) electrons. The van der Waals surface area contributed by atoms with E-state index in [1.54, 1.807) is 18.1 Å². The fraction of sp³-hybridized carbons (Fsp3) is 0.190. The average Bonchev–Trinajstić information content (AvgIpc) is 3.15. The first-order valence-electron chi connectivity index (χ1n) is 8.93. The third kappa shape index (κ3) is 5.44. The van der Waals surface area contributed by atoms with Gasteiger partial charge in [0.15, 0.2) is 0 Å². The van der Waals surface area contributed by atoms with E-state index in [4.69, 9.17) is 4.74 Å². The first kappa shape index (κ1) is 19.2. The Kier molecular flexibility index (Phi) is 6.41. The van der Waals surface area contributed by atoms with Gasteiger partial charge in [0.25, 0.3) is 0 Å². The lowest BCUT2D eigenvalue weighted by molar-refractivity contribution is -0.119. The number of nitrogens with one attached hydrogen (secondary N) is 1. The number of carbonyl (C=O) groups excluding carboxylic acids is 2. The van der Waals surface area contributed by atoms with Crippen molar-refractivity contribution in [1.82, 2.24) is 9.78 Å². The summed E-state index contributed by atoms with van der Waals surface area (Å²) in [6, 6.07) is 18.7. The van der Waals surface area contributed by atoms with Crippen LogP contribution < -0.4 is 15.0 Å². The van der Waals surface area contributed by atoms with Gasteiger partial charge in [-0.3, -0.25) is 14.3 Å². The van der Waals surface area contributed by atoms with E-state index in [1.165, 1.54) is 10.9 Å². The van der Waals surface area contributed by atoms with Crippen molar-refractivity contribution in [2.24, 2.45) is 0 Å². The lowest BCUT2D eigenvalue weighted by Crippen LogP contribution is -2.30. The second-order valence-electron chi connectivity index (χ2n) is 6.17. The van der Waals surface area contributed by atoms with Crippen LogP contribution in [0.15, 0.2) is 73.1 Å². The molecule has 144 valence electrons. The van der Waals surface area contributed by atoms with E-state index in [0.717, 1.165) is 11.4 Å². The second-order valence-corrected chi connectivity index (χ2v) is 6.17. The number of ether oxygens (including phenoxy) is 1. The first-order valence-corrected chi connectivity index (χ1v) is 8.93. The standard InChI is InChI=1S/C21H22N4O3/c1-24(18-8-4-2-5-9-18)21(27)16-25-15-17(14-22-25)23-20(26)12-13-28-19-10-6-3-7-11-19/h2-11,14-15H,12-13,16H2,1H3,(H,23,26). The van der Waals surface area contributed by atoms with Crippen molar-refractivity contribution in [3.63, 3.8) is 0 Å². The highest BCUT2D eigenvalue weighted by Crippen LogP contribution is 2.13. The molecule has 0 saturated heterocycles. The topological polar surface area (TPSA) is 76.5 Å². The molecule has 3 aromatic rings. The van der Waals surface area contributed by atoms with Gasteiger partial charge in [-0.05, 0) is 24.3 Å². The van der Waals surface area contributed by atoms with Crippen LogP contribution in [0.5, 0.6) is 5.75 Å². The third-order valence-electron chi connectivity index (χ3n) is 4.07. The number of carbonyl (C=O) groups is 2. The highest BCUT2D eigenvalue weighted by Gasteiger charge is 2.12. The normalized spacial score (nSPS) is 10.3.